The van der Waals surface area contributed by atoms with Crippen molar-refractivity contribution in [2.45, 2.75) is 57.9 Å². The Morgan fingerprint density at radius 1 is 1.06 bits per heavy atom. The number of sulfonamides is 1. The fourth-order valence-electron chi connectivity index (χ4n) is 4.68. The minimum atomic E-state index is -3.94. The van der Waals surface area contributed by atoms with Crippen molar-refractivity contribution in [1.29, 1.82) is 0 Å². The number of aryl methyl sites for hydroxylation is 3. The van der Waals surface area contributed by atoms with E-state index >= 15 is 0 Å². The minimum absolute atomic E-state index is 0.213. The fraction of sp³-hybridized carbons (Fsp3) is 0.462. The van der Waals surface area contributed by atoms with Crippen LogP contribution in [0.25, 0.3) is 0 Å². The number of carbonyl (C=O) groups excluding carboxylic acids is 2. The molecular formula is C26H34N2O5S. The van der Waals surface area contributed by atoms with Gasteiger partial charge in [-0.15, -0.1) is 0 Å². The average molecular weight is 487 g/mol. The van der Waals surface area contributed by atoms with Gasteiger partial charge in [-0.05, 0) is 63.6 Å². The predicted octanol–water partition coefficient (Wildman–Crippen LogP) is 3.30. The molecule has 0 unspecified atom stereocenters. The third-order valence-corrected chi connectivity index (χ3v) is 7.95. The molecule has 0 spiro atoms. The molecule has 0 radical (unpaired) electrons. The second-order valence-electron chi connectivity index (χ2n) is 8.94. The molecule has 1 N–H and O–H groups in total. The van der Waals surface area contributed by atoms with E-state index in [4.69, 9.17) is 4.74 Å². The summed E-state index contributed by atoms with van der Waals surface area (Å²) >= 11 is 0. The molecule has 0 saturated carbocycles. The zero-order valence-corrected chi connectivity index (χ0v) is 21.2. The minimum Gasteiger partial charge on any atom is -0.466 e. The van der Waals surface area contributed by atoms with Gasteiger partial charge >= 0.3 is 5.97 Å². The number of hydrogen-bond donors (Lipinski definition) is 1. The first-order valence-corrected chi connectivity index (χ1v) is 13.2. The highest BCUT2D eigenvalue weighted by molar-refractivity contribution is 7.89. The zero-order chi connectivity index (χ0) is 24.9. The molecule has 1 aliphatic heterocycles. The van der Waals surface area contributed by atoms with E-state index in [1.807, 2.05) is 49.4 Å². The molecule has 7 nitrogen and oxygen atoms in total. The number of amides is 1. The Labute approximate surface area is 202 Å². The van der Waals surface area contributed by atoms with Crippen molar-refractivity contribution in [2.24, 2.45) is 5.92 Å². The van der Waals surface area contributed by atoms with Gasteiger partial charge in [0.25, 0.3) is 0 Å². The molecule has 0 aromatic heterocycles. The van der Waals surface area contributed by atoms with Gasteiger partial charge in [0.1, 0.15) is 6.04 Å². The Morgan fingerprint density at radius 3 is 2.21 bits per heavy atom. The van der Waals surface area contributed by atoms with Gasteiger partial charge in [-0.2, -0.15) is 4.72 Å². The Kier molecular flexibility index (Phi) is 8.49. The smallest absolute Gasteiger partial charge is 0.309 e. The lowest BCUT2D eigenvalue weighted by Gasteiger charge is -2.33. The number of esters is 1. The monoisotopic (exact) mass is 486 g/mol. The molecular weight excluding hydrogens is 452 g/mol. The van der Waals surface area contributed by atoms with Crippen molar-refractivity contribution in [1.82, 2.24) is 9.62 Å². The number of benzene rings is 2. The lowest BCUT2D eigenvalue weighted by molar-refractivity contribution is -0.151. The quantitative estimate of drug-likeness (QED) is 0.578. The first-order valence-electron chi connectivity index (χ1n) is 11.7. The van der Waals surface area contributed by atoms with E-state index in [9.17, 15) is 18.0 Å². The maximum absolute atomic E-state index is 13.5. The average Bonchev–Trinajstić information content (AvgIpc) is 2.78. The summed E-state index contributed by atoms with van der Waals surface area (Å²) < 4.78 is 34.7. The second-order valence-corrected chi connectivity index (χ2v) is 10.6. The van der Waals surface area contributed by atoms with E-state index in [1.165, 1.54) is 0 Å². The van der Waals surface area contributed by atoms with Crippen LogP contribution in [0.2, 0.25) is 0 Å². The second kappa shape index (κ2) is 11.1. The predicted molar refractivity (Wildman–Crippen MR) is 131 cm³/mol. The van der Waals surface area contributed by atoms with E-state index in [0.29, 0.717) is 43.7 Å². The molecule has 2 aromatic carbocycles. The molecule has 1 heterocycles. The molecule has 3 rings (SSSR count). The van der Waals surface area contributed by atoms with Crippen LogP contribution in [-0.2, 0) is 30.8 Å². The number of hydrogen-bond acceptors (Lipinski definition) is 5. The number of carbonyl (C=O) groups is 2. The van der Waals surface area contributed by atoms with E-state index in [0.717, 1.165) is 11.1 Å². The lowest BCUT2D eigenvalue weighted by Crippen LogP contribution is -2.52. The molecule has 1 saturated heterocycles. The highest BCUT2D eigenvalue weighted by Gasteiger charge is 2.34. The highest BCUT2D eigenvalue weighted by atomic mass is 32.2. The topological polar surface area (TPSA) is 92.8 Å². The van der Waals surface area contributed by atoms with E-state index in [-0.39, 0.29) is 29.1 Å². The number of nitrogens with one attached hydrogen (secondary N) is 1. The summed E-state index contributed by atoms with van der Waals surface area (Å²) in [6, 6.07) is 12.1. The molecule has 1 aliphatic rings. The maximum atomic E-state index is 13.5. The number of piperidine rings is 1. The Bertz CT molecular complexity index is 1100. The summed E-state index contributed by atoms with van der Waals surface area (Å²) in [5.41, 5.74) is 3.13. The normalized spacial score (nSPS) is 15.7. The summed E-state index contributed by atoms with van der Waals surface area (Å²) in [4.78, 5) is 27.5. The first-order chi connectivity index (χ1) is 16.1. The van der Waals surface area contributed by atoms with Gasteiger partial charge in [0.2, 0.25) is 15.9 Å². The summed E-state index contributed by atoms with van der Waals surface area (Å²) in [6.07, 6.45) is 1.25. The Balaban J connectivity index is 1.83. The van der Waals surface area contributed by atoms with E-state index in [1.54, 1.807) is 25.7 Å². The zero-order valence-electron chi connectivity index (χ0n) is 20.3. The molecule has 1 fully saturated rings. The third-order valence-electron chi connectivity index (χ3n) is 6.18. The van der Waals surface area contributed by atoms with Gasteiger partial charge < -0.3 is 9.64 Å². The maximum Gasteiger partial charge on any atom is 0.309 e. The largest absolute Gasteiger partial charge is 0.466 e. The number of ether oxygens (including phenoxy) is 1. The van der Waals surface area contributed by atoms with Crippen LogP contribution >= 0.6 is 0 Å². The van der Waals surface area contributed by atoms with Crippen LogP contribution in [0.4, 0.5) is 0 Å². The van der Waals surface area contributed by atoms with Crippen LogP contribution < -0.4 is 4.72 Å². The van der Waals surface area contributed by atoms with Crippen molar-refractivity contribution in [2.75, 3.05) is 19.7 Å². The van der Waals surface area contributed by atoms with Gasteiger partial charge in [0.05, 0.1) is 17.4 Å². The molecule has 34 heavy (non-hydrogen) atoms. The van der Waals surface area contributed by atoms with Crippen molar-refractivity contribution >= 4 is 21.9 Å². The lowest BCUT2D eigenvalue weighted by atomic mass is 9.96. The molecule has 0 bridgehead atoms. The van der Waals surface area contributed by atoms with Crippen molar-refractivity contribution in [3.05, 3.63) is 64.7 Å². The fourth-order valence-corrected chi connectivity index (χ4v) is 6.32. The summed E-state index contributed by atoms with van der Waals surface area (Å²) in [5.74, 6) is -0.746. The first kappa shape index (κ1) is 25.9. The standard InChI is InChI=1S/C26H34N2O5S/c1-5-33-26(30)22-11-13-28(14-12-22)25(29)23(17-21-9-7-6-8-10-21)27-34(31,32)24-19(3)15-18(2)16-20(24)4/h6-10,15-16,22-23,27H,5,11-14,17H2,1-4H3/t23-/m1/s1. The van der Waals surface area contributed by atoms with Gasteiger partial charge in [-0.25, -0.2) is 8.42 Å². The molecule has 1 atom stereocenters. The third kappa shape index (κ3) is 6.24. The highest BCUT2D eigenvalue weighted by Crippen LogP contribution is 2.24. The van der Waals surface area contributed by atoms with Gasteiger partial charge in [-0.1, -0.05) is 48.0 Å². The number of rotatable bonds is 8. The van der Waals surface area contributed by atoms with E-state index in [2.05, 4.69) is 4.72 Å². The van der Waals surface area contributed by atoms with Gasteiger partial charge in [-0.3, -0.25) is 9.59 Å². The van der Waals surface area contributed by atoms with Crippen LogP contribution in [0.1, 0.15) is 42.0 Å². The van der Waals surface area contributed by atoms with Crippen molar-refractivity contribution in [3.63, 3.8) is 0 Å². The summed E-state index contributed by atoms with van der Waals surface area (Å²) in [6.45, 7) is 8.33. The van der Waals surface area contributed by atoms with Gasteiger partial charge in [0, 0.05) is 13.1 Å². The van der Waals surface area contributed by atoms with Crippen LogP contribution in [0.3, 0.4) is 0 Å². The van der Waals surface area contributed by atoms with Crippen molar-refractivity contribution < 1.29 is 22.7 Å². The Hall–Kier alpha value is -2.71. The van der Waals surface area contributed by atoms with Crippen molar-refractivity contribution in [3.8, 4) is 0 Å². The van der Waals surface area contributed by atoms with E-state index < -0.39 is 16.1 Å². The number of nitrogens with zero attached hydrogens (tertiary/aromatic N) is 1. The van der Waals surface area contributed by atoms with Crippen LogP contribution in [0, 0.1) is 26.7 Å². The van der Waals surface area contributed by atoms with Crippen LogP contribution in [-0.4, -0.2) is 50.9 Å². The molecule has 0 aliphatic carbocycles. The molecule has 1 amide bonds. The molecule has 184 valence electrons. The van der Waals surface area contributed by atoms with Gasteiger partial charge in [0.15, 0.2) is 0 Å². The molecule has 8 heteroatoms. The van der Waals surface area contributed by atoms with Crippen LogP contribution in [0.15, 0.2) is 47.4 Å². The van der Waals surface area contributed by atoms with Crippen LogP contribution in [0.5, 0.6) is 0 Å². The summed E-state index contributed by atoms with van der Waals surface area (Å²) in [5, 5.41) is 0. The SMILES string of the molecule is CCOC(=O)C1CCN(C(=O)[C@@H](Cc2ccccc2)NS(=O)(=O)c2c(C)cc(C)cc2C)CC1. The number of likely N-dealkylation sites (tertiary alicyclic amines) is 1. The molecule has 2 aromatic rings. The summed E-state index contributed by atoms with van der Waals surface area (Å²) in [7, 11) is -3.94. The Morgan fingerprint density at radius 2 is 1.65 bits per heavy atom.